The third kappa shape index (κ3) is 4.23. The van der Waals surface area contributed by atoms with Gasteiger partial charge in [-0.05, 0) is 80.0 Å². The minimum Gasteiger partial charge on any atom is -0.379 e. The molecule has 2 aromatic carbocycles. The zero-order chi connectivity index (χ0) is 24.8. The molecule has 0 radical (unpaired) electrons. The van der Waals surface area contributed by atoms with Gasteiger partial charge < -0.3 is 4.74 Å². The van der Waals surface area contributed by atoms with Crippen LogP contribution in [-0.4, -0.2) is 18.6 Å². The summed E-state index contributed by atoms with van der Waals surface area (Å²) in [4.78, 5) is 0. The van der Waals surface area contributed by atoms with Crippen molar-refractivity contribution in [2.45, 2.75) is 57.0 Å². The monoisotopic (exact) mass is 490 g/mol. The number of allylic oxidation sites excluding steroid dienone is 1. The van der Waals surface area contributed by atoms with Gasteiger partial charge in [0.1, 0.15) is 11.6 Å². The Labute approximate surface area is 191 Å². The third-order valence-corrected chi connectivity index (χ3v) is 6.63. The van der Waals surface area contributed by atoms with Crippen LogP contribution in [0.4, 0.5) is 35.1 Å². The maximum atomic E-state index is 14.9. The standard InChI is InChI=1S/C25H22F8O/c1-2-34-18-5-3-16(4-6-18)24(30,31)25(32,33)17-11-21(28)23(22(29)12-17)15-7-13-9-19(26)20(27)10-14(13)8-15/h7,9-12,16,18H,2-6,8H2,1H3. The first-order valence-corrected chi connectivity index (χ1v) is 11.0. The lowest BCUT2D eigenvalue weighted by atomic mass is 9.79. The fraction of sp³-hybridized carbons (Fsp3) is 0.440. The van der Waals surface area contributed by atoms with Gasteiger partial charge in [-0.15, -0.1) is 0 Å². The molecule has 0 heterocycles. The molecule has 0 aromatic heterocycles. The van der Waals surface area contributed by atoms with Gasteiger partial charge in [0.25, 0.3) is 0 Å². The highest BCUT2D eigenvalue weighted by atomic mass is 19.3. The summed E-state index contributed by atoms with van der Waals surface area (Å²) in [7, 11) is 0. The van der Waals surface area contributed by atoms with E-state index >= 15 is 0 Å². The summed E-state index contributed by atoms with van der Waals surface area (Å²) in [6.07, 6.45) is 0.760. The molecule has 184 valence electrons. The minimum atomic E-state index is -4.81. The number of alkyl halides is 4. The minimum absolute atomic E-state index is 0.0362. The van der Waals surface area contributed by atoms with Gasteiger partial charge in [0.2, 0.25) is 0 Å². The van der Waals surface area contributed by atoms with Crippen LogP contribution in [0.2, 0.25) is 0 Å². The Morgan fingerprint density at radius 1 is 0.824 bits per heavy atom. The summed E-state index contributed by atoms with van der Waals surface area (Å²) >= 11 is 0. The molecule has 0 aliphatic heterocycles. The van der Waals surface area contributed by atoms with Crippen molar-refractivity contribution in [1.29, 1.82) is 0 Å². The van der Waals surface area contributed by atoms with E-state index in [2.05, 4.69) is 0 Å². The van der Waals surface area contributed by atoms with Crippen LogP contribution >= 0.6 is 0 Å². The van der Waals surface area contributed by atoms with Gasteiger partial charge in [-0.25, -0.2) is 17.6 Å². The molecule has 0 saturated heterocycles. The molecule has 0 unspecified atom stereocenters. The molecule has 0 N–H and O–H groups in total. The van der Waals surface area contributed by atoms with E-state index in [1.54, 1.807) is 6.92 Å². The van der Waals surface area contributed by atoms with Gasteiger partial charge in [-0.1, -0.05) is 6.08 Å². The molecular weight excluding hydrogens is 468 g/mol. The number of hydrogen-bond donors (Lipinski definition) is 0. The SMILES string of the molecule is CCOC1CCC(C(F)(F)C(F)(F)c2cc(F)c(C3=Cc4cc(F)c(F)cc4C3)c(F)c2)CC1. The van der Waals surface area contributed by atoms with Crippen molar-refractivity contribution in [2.24, 2.45) is 5.92 Å². The highest BCUT2D eigenvalue weighted by Crippen LogP contribution is 2.52. The zero-order valence-corrected chi connectivity index (χ0v) is 18.2. The largest absolute Gasteiger partial charge is 0.379 e. The number of rotatable bonds is 6. The van der Waals surface area contributed by atoms with Crippen molar-refractivity contribution in [3.63, 3.8) is 0 Å². The molecular formula is C25H22F8O. The van der Waals surface area contributed by atoms with Crippen molar-refractivity contribution >= 4 is 11.6 Å². The molecule has 2 aliphatic carbocycles. The van der Waals surface area contributed by atoms with E-state index < -0.39 is 52.2 Å². The summed E-state index contributed by atoms with van der Waals surface area (Å²) in [5.74, 6) is -16.2. The molecule has 2 aliphatic rings. The van der Waals surface area contributed by atoms with Crippen LogP contribution in [0.5, 0.6) is 0 Å². The molecule has 0 amide bonds. The lowest BCUT2D eigenvalue weighted by Gasteiger charge is -2.37. The first kappa shape index (κ1) is 24.7. The molecule has 1 saturated carbocycles. The summed E-state index contributed by atoms with van der Waals surface area (Å²) in [6.45, 7) is 2.14. The van der Waals surface area contributed by atoms with Crippen molar-refractivity contribution in [3.05, 3.63) is 69.8 Å². The second-order valence-corrected chi connectivity index (χ2v) is 8.75. The van der Waals surface area contributed by atoms with E-state index in [0.29, 0.717) is 6.61 Å². The Kier molecular flexibility index (Phi) is 6.52. The van der Waals surface area contributed by atoms with Gasteiger partial charge in [0.15, 0.2) is 11.6 Å². The average molecular weight is 490 g/mol. The smallest absolute Gasteiger partial charge is 0.335 e. The summed E-state index contributed by atoms with van der Waals surface area (Å²) in [6, 6.07) is 2.16. The first-order chi connectivity index (χ1) is 16.0. The molecule has 1 nitrogen and oxygen atoms in total. The van der Waals surface area contributed by atoms with E-state index in [-0.39, 0.29) is 67.0 Å². The summed E-state index contributed by atoms with van der Waals surface area (Å²) in [5.41, 5.74) is -1.74. The second kappa shape index (κ2) is 8.98. The molecule has 9 heteroatoms. The number of benzene rings is 2. The van der Waals surface area contributed by atoms with E-state index in [9.17, 15) is 35.1 Å². The van der Waals surface area contributed by atoms with Crippen molar-refractivity contribution < 1.29 is 39.9 Å². The maximum absolute atomic E-state index is 14.9. The van der Waals surface area contributed by atoms with Crippen LogP contribution in [0.3, 0.4) is 0 Å². The molecule has 1 fully saturated rings. The van der Waals surface area contributed by atoms with Gasteiger partial charge in [-0.3, -0.25) is 0 Å². The van der Waals surface area contributed by atoms with Gasteiger partial charge in [0.05, 0.1) is 6.10 Å². The lowest BCUT2D eigenvalue weighted by Crippen LogP contribution is -2.46. The van der Waals surface area contributed by atoms with E-state index in [1.807, 2.05) is 0 Å². The predicted octanol–water partition coefficient (Wildman–Crippen LogP) is 7.66. The molecule has 2 aromatic rings. The topological polar surface area (TPSA) is 9.23 Å². The first-order valence-electron chi connectivity index (χ1n) is 11.0. The zero-order valence-electron chi connectivity index (χ0n) is 18.2. The summed E-state index contributed by atoms with van der Waals surface area (Å²) < 4.78 is 122. The lowest BCUT2D eigenvalue weighted by molar-refractivity contribution is -0.250. The fourth-order valence-corrected chi connectivity index (χ4v) is 4.83. The highest BCUT2D eigenvalue weighted by Gasteiger charge is 2.62. The number of ether oxygens (including phenoxy) is 1. The van der Waals surface area contributed by atoms with Crippen molar-refractivity contribution in [2.75, 3.05) is 6.61 Å². The number of fused-ring (bicyclic) bond motifs is 1. The van der Waals surface area contributed by atoms with Crippen LogP contribution in [0.25, 0.3) is 11.6 Å². The molecule has 0 atom stereocenters. The molecule has 0 spiro atoms. The third-order valence-electron chi connectivity index (χ3n) is 6.63. The van der Waals surface area contributed by atoms with Gasteiger partial charge in [-0.2, -0.15) is 17.6 Å². The Hall–Kier alpha value is -2.42. The molecule has 0 bridgehead atoms. The van der Waals surface area contributed by atoms with Crippen LogP contribution in [0.1, 0.15) is 54.9 Å². The van der Waals surface area contributed by atoms with Crippen molar-refractivity contribution in [1.82, 2.24) is 0 Å². The van der Waals surface area contributed by atoms with Gasteiger partial charge >= 0.3 is 11.8 Å². The Morgan fingerprint density at radius 2 is 1.41 bits per heavy atom. The highest BCUT2D eigenvalue weighted by molar-refractivity contribution is 5.89. The molecule has 4 rings (SSSR count). The second-order valence-electron chi connectivity index (χ2n) is 8.75. The Morgan fingerprint density at radius 3 is 2.00 bits per heavy atom. The average Bonchev–Trinajstić information content (AvgIpc) is 3.16. The van der Waals surface area contributed by atoms with Gasteiger partial charge in [0, 0.05) is 23.7 Å². The predicted molar refractivity (Wildman–Crippen MR) is 111 cm³/mol. The van der Waals surface area contributed by atoms with Crippen molar-refractivity contribution in [3.8, 4) is 0 Å². The molecule has 34 heavy (non-hydrogen) atoms. The van der Waals surface area contributed by atoms with E-state index in [1.165, 1.54) is 6.08 Å². The normalized spacial score (nSPS) is 20.9. The number of halogens is 8. The summed E-state index contributed by atoms with van der Waals surface area (Å²) in [5, 5.41) is 0. The Balaban J connectivity index is 1.61. The van der Waals surface area contributed by atoms with Crippen LogP contribution < -0.4 is 0 Å². The quantitative estimate of drug-likeness (QED) is 0.378. The van der Waals surface area contributed by atoms with E-state index in [4.69, 9.17) is 4.74 Å². The van der Waals surface area contributed by atoms with Crippen LogP contribution in [0, 0.1) is 29.2 Å². The fourth-order valence-electron chi connectivity index (χ4n) is 4.83. The number of hydrogen-bond acceptors (Lipinski definition) is 1. The van der Waals surface area contributed by atoms with Crippen LogP contribution in [-0.2, 0) is 17.1 Å². The van der Waals surface area contributed by atoms with E-state index in [0.717, 1.165) is 12.1 Å². The maximum Gasteiger partial charge on any atom is 0.335 e. The Bertz CT molecular complexity index is 1090. The van der Waals surface area contributed by atoms with Crippen LogP contribution in [0.15, 0.2) is 24.3 Å².